The number of hydrogen-bond acceptors (Lipinski definition) is 4. The summed E-state index contributed by atoms with van der Waals surface area (Å²) in [6.07, 6.45) is 1.04. The quantitative estimate of drug-likeness (QED) is 0.300. The molecule has 5 rings (SSSR count). The molecule has 35 heavy (non-hydrogen) atoms. The molecule has 0 radical (unpaired) electrons. The van der Waals surface area contributed by atoms with Crippen molar-refractivity contribution in [1.29, 1.82) is 0 Å². The van der Waals surface area contributed by atoms with E-state index >= 15 is 0 Å². The summed E-state index contributed by atoms with van der Waals surface area (Å²) in [6.45, 7) is 0. The van der Waals surface area contributed by atoms with Crippen molar-refractivity contribution >= 4 is 23.4 Å². The average Bonchev–Trinajstić information content (AvgIpc) is 3.28. The van der Waals surface area contributed by atoms with E-state index in [1.54, 1.807) is 24.3 Å². The molecule has 1 N–H and O–H groups in total. The van der Waals surface area contributed by atoms with Gasteiger partial charge in [0.05, 0.1) is 16.1 Å². The normalized spacial score (nSPS) is 13.0. The summed E-state index contributed by atoms with van der Waals surface area (Å²) in [5, 5.41) is 9.21. The molecule has 176 valence electrons. The van der Waals surface area contributed by atoms with Crippen LogP contribution in [-0.4, -0.2) is 21.0 Å². The molecule has 4 nitrogen and oxygen atoms in total. The maximum absolute atomic E-state index is 13.8. The summed E-state index contributed by atoms with van der Waals surface area (Å²) in [7, 11) is 0. The summed E-state index contributed by atoms with van der Waals surface area (Å²) >= 11 is 1.42. The second kappa shape index (κ2) is 8.74. The maximum Gasteiger partial charge on any atom is 0.433 e. The number of halogens is 4. The first-order chi connectivity index (χ1) is 16.7. The van der Waals surface area contributed by atoms with Crippen LogP contribution in [0, 0.1) is 5.82 Å². The summed E-state index contributed by atoms with van der Waals surface area (Å²) in [4.78, 5) is 21.2. The van der Waals surface area contributed by atoms with E-state index in [-0.39, 0.29) is 11.5 Å². The number of aromatic carboxylic acids is 1. The monoisotopic (exact) mass is 496 g/mol. The zero-order valence-corrected chi connectivity index (χ0v) is 18.8. The van der Waals surface area contributed by atoms with Crippen molar-refractivity contribution in [2.45, 2.75) is 19.0 Å². The third kappa shape index (κ3) is 4.59. The van der Waals surface area contributed by atoms with Gasteiger partial charge in [0.25, 0.3) is 0 Å². The lowest BCUT2D eigenvalue weighted by molar-refractivity contribution is -0.141. The van der Waals surface area contributed by atoms with Crippen LogP contribution in [0.2, 0.25) is 0 Å². The molecule has 4 aromatic rings. The van der Waals surface area contributed by atoms with Crippen LogP contribution in [0.25, 0.3) is 39.2 Å². The number of rotatable bonds is 4. The molecule has 0 atom stereocenters. The van der Waals surface area contributed by atoms with E-state index in [0.717, 1.165) is 35.4 Å². The maximum atomic E-state index is 13.8. The predicted octanol–water partition coefficient (Wildman–Crippen LogP) is 7.35. The summed E-state index contributed by atoms with van der Waals surface area (Å²) in [5.74, 6) is -2.41. The van der Waals surface area contributed by atoms with Crippen LogP contribution in [0.15, 0.2) is 60.7 Å². The molecular weight excluding hydrogens is 480 g/mol. The molecule has 2 heterocycles. The number of carboxylic acids is 1. The molecule has 1 aliphatic rings. The number of fused-ring (bicyclic) bond motifs is 1. The van der Waals surface area contributed by atoms with E-state index in [0.29, 0.717) is 21.6 Å². The molecule has 0 fully saturated rings. The largest absolute Gasteiger partial charge is 0.478 e. The van der Waals surface area contributed by atoms with Crippen molar-refractivity contribution in [3.8, 4) is 33.1 Å². The third-order valence-corrected chi connectivity index (χ3v) is 6.83. The number of carboxylic acid groups (broad SMARTS) is 1. The van der Waals surface area contributed by atoms with E-state index in [1.807, 2.05) is 18.2 Å². The van der Waals surface area contributed by atoms with E-state index in [9.17, 15) is 27.5 Å². The first-order valence-electron chi connectivity index (χ1n) is 10.6. The Morgan fingerprint density at radius 3 is 2.49 bits per heavy atom. The molecule has 1 aliphatic carbocycles. The number of allylic oxidation sites excluding steroid dienone is 1. The van der Waals surface area contributed by atoms with Gasteiger partial charge in [-0.05, 0) is 59.9 Å². The second-order valence-corrected chi connectivity index (χ2v) is 9.11. The minimum absolute atomic E-state index is 0.112. The van der Waals surface area contributed by atoms with Gasteiger partial charge in [-0.25, -0.2) is 19.2 Å². The Labute approximate surface area is 201 Å². The van der Waals surface area contributed by atoms with Crippen molar-refractivity contribution in [2.75, 3.05) is 0 Å². The summed E-state index contributed by atoms with van der Waals surface area (Å²) < 4.78 is 55.0. The van der Waals surface area contributed by atoms with Crippen molar-refractivity contribution in [2.24, 2.45) is 0 Å². The van der Waals surface area contributed by atoms with Gasteiger partial charge in [0.15, 0.2) is 5.82 Å². The number of nitrogens with zero attached hydrogens (tertiary/aromatic N) is 2. The zero-order chi connectivity index (χ0) is 24.7. The zero-order valence-electron chi connectivity index (χ0n) is 17.9. The molecule has 2 aromatic heterocycles. The van der Waals surface area contributed by atoms with Crippen molar-refractivity contribution in [1.82, 2.24) is 9.97 Å². The first kappa shape index (κ1) is 22.9. The fourth-order valence-corrected chi connectivity index (χ4v) is 5.01. The summed E-state index contributed by atoms with van der Waals surface area (Å²) in [6, 6.07) is 12.8. The number of aromatic nitrogens is 2. The Balaban J connectivity index is 1.62. The van der Waals surface area contributed by atoms with Gasteiger partial charge < -0.3 is 5.11 Å². The van der Waals surface area contributed by atoms with Gasteiger partial charge in [0.1, 0.15) is 11.5 Å². The van der Waals surface area contributed by atoms with Crippen LogP contribution in [0.4, 0.5) is 17.6 Å². The standard InChI is InChI=1S/C26H16F4N2O2S/c27-19-9-8-15(11-18(19)25(33)34)14-5-3-6-17(10-14)24-31-20(13-23(32-24)26(28,29)30)22-12-16-4-1-2-7-21(16)35-22/h1,3-6,8-13H,2,7H2,(H,33,34). The lowest BCUT2D eigenvalue weighted by Crippen LogP contribution is -2.10. The van der Waals surface area contributed by atoms with Crippen LogP contribution >= 0.6 is 11.3 Å². The second-order valence-electron chi connectivity index (χ2n) is 7.97. The molecule has 0 bridgehead atoms. The molecule has 0 saturated carbocycles. The smallest absolute Gasteiger partial charge is 0.433 e. The van der Waals surface area contributed by atoms with Crippen molar-refractivity contribution in [3.63, 3.8) is 0 Å². The average molecular weight is 496 g/mol. The van der Waals surface area contributed by atoms with E-state index < -0.39 is 29.2 Å². The molecular formula is C26H16F4N2O2S. The molecule has 0 spiro atoms. The third-order valence-electron chi connectivity index (χ3n) is 5.60. The van der Waals surface area contributed by atoms with Crippen molar-refractivity contribution < 1.29 is 27.5 Å². The number of carbonyl (C=O) groups is 1. The van der Waals surface area contributed by atoms with E-state index in [1.165, 1.54) is 23.5 Å². The molecule has 2 aromatic carbocycles. The Bertz CT molecular complexity index is 1490. The minimum Gasteiger partial charge on any atom is -0.478 e. The van der Waals surface area contributed by atoms with Gasteiger partial charge in [0.2, 0.25) is 0 Å². The molecule has 0 amide bonds. The highest BCUT2D eigenvalue weighted by Gasteiger charge is 2.34. The highest BCUT2D eigenvalue weighted by atomic mass is 32.1. The first-order valence-corrected chi connectivity index (χ1v) is 11.4. The highest BCUT2D eigenvalue weighted by Crippen LogP contribution is 2.38. The fourth-order valence-electron chi connectivity index (χ4n) is 3.88. The van der Waals surface area contributed by atoms with Crippen LogP contribution in [0.5, 0.6) is 0 Å². The lowest BCUT2D eigenvalue weighted by Gasteiger charge is -2.11. The van der Waals surface area contributed by atoms with Crippen molar-refractivity contribution in [3.05, 3.63) is 88.2 Å². The number of alkyl halides is 3. The van der Waals surface area contributed by atoms with Gasteiger partial charge in [0, 0.05) is 10.4 Å². The van der Waals surface area contributed by atoms with Gasteiger partial charge in [-0.2, -0.15) is 13.2 Å². The Morgan fingerprint density at radius 2 is 1.74 bits per heavy atom. The number of hydrogen-bond donors (Lipinski definition) is 1. The number of benzene rings is 2. The van der Waals surface area contributed by atoms with Crippen LogP contribution in [0.1, 0.15) is 32.9 Å². The molecule has 0 saturated heterocycles. The van der Waals surface area contributed by atoms with Crippen LogP contribution in [0.3, 0.4) is 0 Å². The topological polar surface area (TPSA) is 63.1 Å². The molecule has 9 heteroatoms. The number of thiophene rings is 1. The Morgan fingerprint density at radius 1 is 0.971 bits per heavy atom. The SMILES string of the molecule is O=C(O)c1cc(-c2cccc(-c3nc(-c4cc5c(s4)CCC=C5)cc(C(F)(F)F)n3)c2)ccc1F. The van der Waals surface area contributed by atoms with Gasteiger partial charge in [-0.3, -0.25) is 0 Å². The summed E-state index contributed by atoms with van der Waals surface area (Å²) in [5.41, 5.74) is 0.811. The van der Waals surface area contributed by atoms with E-state index in [4.69, 9.17) is 0 Å². The van der Waals surface area contributed by atoms with Gasteiger partial charge >= 0.3 is 12.1 Å². The highest BCUT2D eigenvalue weighted by molar-refractivity contribution is 7.15. The minimum atomic E-state index is -4.67. The van der Waals surface area contributed by atoms with Crippen LogP contribution in [-0.2, 0) is 12.6 Å². The fraction of sp³-hybridized carbons (Fsp3) is 0.115. The van der Waals surface area contributed by atoms with Gasteiger partial charge in [-0.1, -0.05) is 36.4 Å². The molecule has 0 unspecified atom stereocenters. The van der Waals surface area contributed by atoms with Gasteiger partial charge in [-0.15, -0.1) is 11.3 Å². The lowest BCUT2D eigenvalue weighted by atomic mass is 10.0. The predicted molar refractivity (Wildman–Crippen MR) is 125 cm³/mol. The molecule has 0 aliphatic heterocycles. The Hall–Kier alpha value is -3.85. The van der Waals surface area contributed by atoms with E-state index in [2.05, 4.69) is 9.97 Å². The Kier molecular flexibility index (Phi) is 5.72. The number of aryl methyl sites for hydroxylation is 1. The van der Waals surface area contributed by atoms with Crippen LogP contribution < -0.4 is 0 Å².